The third-order valence-corrected chi connectivity index (χ3v) is 5.43. The van der Waals surface area contributed by atoms with Crippen LogP contribution in [0, 0.1) is 0 Å². The van der Waals surface area contributed by atoms with Gasteiger partial charge in [0.1, 0.15) is 12.6 Å². The summed E-state index contributed by atoms with van der Waals surface area (Å²) in [6.07, 6.45) is -2.33. The van der Waals surface area contributed by atoms with Crippen molar-refractivity contribution in [3.63, 3.8) is 0 Å². The molecule has 3 rings (SSSR count). The van der Waals surface area contributed by atoms with Crippen LogP contribution < -0.4 is 10.2 Å². The number of carbonyl (C=O) groups excluding carboxylic acids is 2. The number of nitrogens with one attached hydrogen (secondary N) is 1. The standard InChI is InChI=1S/C20H22F3N3O4/c1-11-5-6-25(18(29)14(7-11)24-2)16-8-12-3-4-13(20(21,22)23)9-15(12)26(19(16)30)10-17(27)28/h3-5,9,14,16,24H,6-8,10H2,1-2H3,(H,27,28)/t14-,16-/m0/s1. The van der Waals surface area contributed by atoms with Crippen LogP contribution in [0.25, 0.3) is 0 Å². The van der Waals surface area contributed by atoms with E-state index in [0.29, 0.717) is 12.0 Å². The van der Waals surface area contributed by atoms with E-state index < -0.39 is 42.2 Å². The maximum Gasteiger partial charge on any atom is 0.416 e. The molecule has 0 saturated heterocycles. The van der Waals surface area contributed by atoms with Gasteiger partial charge >= 0.3 is 12.1 Å². The Kier molecular flexibility index (Phi) is 5.89. The normalized spacial score (nSPS) is 22.5. The first kappa shape index (κ1) is 21.8. The SMILES string of the molecule is CN[C@H]1CC(C)=CCN([C@H]2Cc3ccc(C(F)(F)F)cc3N(CC(=O)O)C2=O)C1=O. The summed E-state index contributed by atoms with van der Waals surface area (Å²) in [6.45, 7) is 1.24. The third kappa shape index (κ3) is 4.18. The van der Waals surface area contributed by atoms with E-state index in [-0.39, 0.29) is 24.6 Å². The van der Waals surface area contributed by atoms with Crippen LogP contribution in [-0.4, -0.2) is 60.0 Å². The van der Waals surface area contributed by atoms with E-state index >= 15 is 0 Å². The number of anilines is 1. The molecule has 1 aromatic carbocycles. The second kappa shape index (κ2) is 8.10. The van der Waals surface area contributed by atoms with Gasteiger partial charge in [0, 0.05) is 18.7 Å². The van der Waals surface area contributed by atoms with Crippen LogP contribution in [-0.2, 0) is 27.0 Å². The van der Waals surface area contributed by atoms with Crippen LogP contribution >= 0.6 is 0 Å². The van der Waals surface area contributed by atoms with E-state index in [9.17, 15) is 32.7 Å². The minimum absolute atomic E-state index is 0.0114. The summed E-state index contributed by atoms with van der Waals surface area (Å²) < 4.78 is 39.4. The number of aliphatic carboxylic acids is 1. The van der Waals surface area contributed by atoms with E-state index in [1.165, 1.54) is 11.0 Å². The molecule has 162 valence electrons. The molecule has 2 atom stereocenters. The first-order valence-electron chi connectivity index (χ1n) is 9.39. The lowest BCUT2D eigenvalue weighted by molar-refractivity contribution is -0.141. The predicted octanol–water partition coefficient (Wildman–Crippen LogP) is 1.81. The first-order chi connectivity index (χ1) is 14.0. The third-order valence-electron chi connectivity index (χ3n) is 5.43. The summed E-state index contributed by atoms with van der Waals surface area (Å²) in [6, 6.07) is 1.38. The lowest BCUT2D eigenvalue weighted by Gasteiger charge is -2.39. The van der Waals surface area contributed by atoms with Crippen molar-refractivity contribution in [2.45, 2.75) is 38.0 Å². The lowest BCUT2D eigenvalue weighted by atomic mass is 9.93. The van der Waals surface area contributed by atoms with Crippen LogP contribution in [0.1, 0.15) is 24.5 Å². The van der Waals surface area contributed by atoms with Crippen molar-refractivity contribution in [1.82, 2.24) is 10.2 Å². The van der Waals surface area contributed by atoms with E-state index in [0.717, 1.165) is 22.6 Å². The number of carboxylic acid groups (broad SMARTS) is 1. The van der Waals surface area contributed by atoms with Gasteiger partial charge in [0.2, 0.25) is 5.91 Å². The number of likely N-dealkylation sites (N-methyl/N-ethyl adjacent to an activating group) is 1. The maximum absolute atomic E-state index is 13.2. The van der Waals surface area contributed by atoms with E-state index in [4.69, 9.17) is 0 Å². The average Bonchev–Trinajstić information content (AvgIpc) is 2.81. The number of carboxylic acids is 1. The highest BCUT2D eigenvalue weighted by molar-refractivity contribution is 6.05. The second-order valence-corrected chi connectivity index (χ2v) is 7.47. The predicted molar refractivity (Wildman–Crippen MR) is 102 cm³/mol. The molecule has 0 fully saturated rings. The van der Waals surface area contributed by atoms with E-state index in [1.54, 1.807) is 7.05 Å². The summed E-state index contributed by atoms with van der Waals surface area (Å²) >= 11 is 0. The Labute approximate surface area is 171 Å². The van der Waals surface area contributed by atoms with E-state index in [2.05, 4.69) is 5.32 Å². The molecule has 1 aromatic rings. The number of amides is 2. The molecule has 10 heteroatoms. The molecule has 2 heterocycles. The lowest BCUT2D eigenvalue weighted by Crippen LogP contribution is -2.58. The number of alkyl halides is 3. The van der Waals surface area contributed by atoms with Crippen molar-refractivity contribution in [2.24, 2.45) is 0 Å². The zero-order valence-electron chi connectivity index (χ0n) is 16.5. The summed E-state index contributed by atoms with van der Waals surface area (Å²) in [4.78, 5) is 39.7. The maximum atomic E-state index is 13.2. The van der Waals surface area contributed by atoms with Gasteiger partial charge in [0.25, 0.3) is 5.91 Å². The van der Waals surface area contributed by atoms with Crippen LogP contribution in [0.3, 0.4) is 0 Å². The van der Waals surface area contributed by atoms with Gasteiger partial charge in [-0.2, -0.15) is 13.2 Å². The Morgan fingerprint density at radius 1 is 1.23 bits per heavy atom. The quantitative estimate of drug-likeness (QED) is 0.719. The van der Waals surface area contributed by atoms with Crippen molar-refractivity contribution in [3.05, 3.63) is 41.0 Å². The molecule has 0 spiro atoms. The van der Waals surface area contributed by atoms with Crippen LogP contribution in [0.15, 0.2) is 29.8 Å². The fourth-order valence-electron chi connectivity index (χ4n) is 3.84. The molecule has 2 aliphatic heterocycles. The average molecular weight is 425 g/mol. The van der Waals surface area contributed by atoms with Gasteiger partial charge in [-0.3, -0.25) is 19.3 Å². The van der Waals surface area contributed by atoms with Gasteiger partial charge in [-0.25, -0.2) is 0 Å². The number of hydrogen-bond acceptors (Lipinski definition) is 4. The summed E-state index contributed by atoms with van der Waals surface area (Å²) in [7, 11) is 1.63. The molecule has 30 heavy (non-hydrogen) atoms. The zero-order chi connectivity index (χ0) is 22.2. The monoisotopic (exact) mass is 425 g/mol. The smallest absolute Gasteiger partial charge is 0.416 e. The van der Waals surface area contributed by atoms with Gasteiger partial charge in [-0.15, -0.1) is 0 Å². The molecule has 2 aliphatic rings. The fraction of sp³-hybridized carbons (Fsp3) is 0.450. The molecule has 0 saturated carbocycles. The van der Waals surface area contributed by atoms with Crippen LogP contribution in [0.4, 0.5) is 18.9 Å². The molecule has 0 aliphatic carbocycles. The Hall–Kier alpha value is -2.88. The largest absolute Gasteiger partial charge is 0.480 e. The van der Waals surface area contributed by atoms with Gasteiger partial charge in [0.15, 0.2) is 0 Å². The Balaban J connectivity index is 2.04. The Bertz CT molecular complexity index is 913. The topological polar surface area (TPSA) is 89.9 Å². The number of carbonyl (C=O) groups is 3. The Morgan fingerprint density at radius 3 is 2.53 bits per heavy atom. The molecular formula is C20H22F3N3O4. The van der Waals surface area contributed by atoms with Crippen molar-refractivity contribution in [1.29, 1.82) is 0 Å². The molecule has 2 amide bonds. The molecule has 0 bridgehead atoms. The minimum atomic E-state index is -4.63. The molecule has 0 aromatic heterocycles. The highest BCUT2D eigenvalue weighted by Crippen LogP contribution is 2.37. The molecule has 2 N–H and O–H groups in total. The summed E-state index contributed by atoms with van der Waals surface area (Å²) in [5.74, 6) is -2.38. The number of hydrogen-bond donors (Lipinski definition) is 2. The molecule has 7 nitrogen and oxygen atoms in total. The van der Waals surface area contributed by atoms with E-state index in [1.807, 2.05) is 13.0 Å². The molecular weight excluding hydrogens is 403 g/mol. The summed E-state index contributed by atoms with van der Waals surface area (Å²) in [5, 5.41) is 12.1. The number of halogens is 3. The Morgan fingerprint density at radius 2 is 1.93 bits per heavy atom. The summed E-state index contributed by atoms with van der Waals surface area (Å²) in [5.41, 5.74) is 0.286. The van der Waals surface area contributed by atoms with Crippen LogP contribution in [0.5, 0.6) is 0 Å². The zero-order valence-corrected chi connectivity index (χ0v) is 16.5. The van der Waals surface area contributed by atoms with Crippen molar-refractivity contribution < 1.29 is 32.7 Å². The van der Waals surface area contributed by atoms with Gasteiger partial charge in [-0.1, -0.05) is 17.7 Å². The van der Waals surface area contributed by atoms with Crippen molar-refractivity contribution in [3.8, 4) is 0 Å². The number of nitrogens with zero attached hydrogens (tertiary/aromatic N) is 2. The second-order valence-electron chi connectivity index (χ2n) is 7.47. The van der Waals surface area contributed by atoms with Crippen molar-refractivity contribution >= 4 is 23.5 Å². The minimum Gasteiger partial charge on any atom is -0.480 e. The van der Waals surface area contributed by atoms with Crippen LogP contribution in [0.2, 0.25) is 0 Å². The highest BCUT2D eigenvalue weighted by atomic mass is 19.4. The van der Waals surface area contributed by atoms with Gasteiger partial charge in [0.05, 0.1) is 11.6 Å². The fourth-order valence-corrected chi connectivity index (χ4v) is 3.84. The van der Waals surface area contributed by atoms with Gasteiger partial charge in [-0.05, 0) is 38.1 Å². The number of fused-ring (bicyclic) bond motifs is 1. The molecule has 0 unspecified atom stereocenters. The highest BCUT2D eigenvalue weighted by Gasteiger charge is 2.42. The first-order valence-corrected chi connectivity index (χ1v) is 9.39. The van der Waals surface area contributed by atoms with Crippen molar-refractivity contribution in [2.75, 3.05) is 25.0 Å². The number of rotatable bonds is 4. The van der Waals surface area contributed by atoms with Gasteiger partial charge < -0.3 is 15.3 Å². The molecule has 0 radical (unpaired) electrons. The number of benzene rings is 1.